The lowest BCUT2D eigenvalue weighted by Gasteiger charge is -2.00. The van der Waals surface area contributed by atoms with Crippen LogP contribution in [-0.4, -0.2) is 20.6 Å². The predicted octanol–water partition coefficient (Wildman–Crippen LogP) is 1.13. The number of hydrogen-bond acceptors (Lipinski definition) is 2. The maximum atomic E-state index is 10.7. The van der Waals surface area contributed by atoms with Gasteiger partial charge < -0.3 is 14.6 Å². The average molecular weight is 191 g/mol. The summed E-state index contributed by atoms with van der Waals surface area (Å²) in [6, 6.07) is 6.62. The highest BCUT2D eigenvalue weighted by molar-refractivity contribution is 5.89. The number of aromatic carboxylic acids is 1. The Morgan fingerprint density at radius 2 is 2.14 bits per heavy atom. The van der Waals surface area contributed by atoms with Crippen molar-refractivity contribution in [1.29, 1.82) is 0 Å². The predicted molar refractivity (Wildman–Crippen MR) is 50.3 cm³/mol. The van der Waals surface area contributed by atoms with E-state index in [1.54, 1.807) is 28.8 Å². The van der Waals surface area contributed by atoms with E-state index >= 15 is 0 Å². The summed E-state index contributed by atoms with van der Waals surface area (Å²) in [4.78, 5) is 10.7. The summed E-state index contributed by atoms with van der Waals surface area (Å²) in [7, 11) is 0. The van der Waals surface area contributed by atoms with E-state index in [0.29, 0.717) is 0 Å². The zero-order valence-corrected chi connectivity index (χ0v) is 7.34. The summed E-state index contributed by atoms with van der Waals surface area (Å²) in [5, 5.41) is 17.7. The molecule has 0 aliphatic rings. The highest BCUT2D eigenvalue weighted by Crippen LogP contribution is 2.12. The zero-order chi connectivity index (χ0) is 10.1. The minimum absolute atomic E-state index is 0.0550. The number of rotatable bonds is 2. The van der Waals surface area contributed by atoms with E-state index < -0.39 is 5.97 Å². The first kappa shape index (κ1) is 8.77. The van der Waals surface area contributed by atoms with Crippen molar-refractivity contribution >= 4 is 11.5 Å². The number of carboxylic acid groups (broad SMARTS) is 1. The van der Waals surface area contributed by atoms with Gasteiger partial charge in [-0.3, -0.25) is 0 Å². The SMILES string of the molecule is O=C(O)c1ccn2c(CO)ccc2c1. The Kier molecular flexibility index (Phi) is 1.98. The molecule has 14 heavy (non-hydrogen) atoms. The van der Waals surface area contributed by atoms with Gasteiger partial charge in [-0.1, -0.05) is 0 Å². The van der Waals surface area contributed by atoms with Gasteiger partial charge in [-0.2, -0.15) is 0 Å². The lowest BCUT2D eigenvalue weighted by molar-refractivity contribution is 0.0697. The van der Waals surface area contributed by atoms with Crippen LogP contribution >= 0.6 is 0 Å². The molecule has 0 amide bonds. The first-order chi connectivity index (χ1) is 6.72. The van der Waals surface area contributed by atoms with Crippen LogP contribution in [0.3, 0.4) is 0 Å². The molecule has 0 unspecified atom stereocenters. The van der Waals surface area contributed by atoms with Crippen molar-refractivity contribution in [2.24, 2.45) is 0 Å². The van der Waals surface area contributed by atoms with E-state index in [0.717, 1.165) is 11.2 Å². The van der Waals surface area contributed by atoms with Crippen LogP contribution in [0.5, 0.6) is 0 Å². The highest BCUT2D eigenvalue weighted by Gasteiger charge is 2.05. The number of aliphatic hydroxyl groups is 1. The van der Waals surface area contributed by atoms with Gasteiger partial charge in [0, 0.05) is 17.4 Å². The lowest BCUT2D eigenvalue weighted by Crippen LogP contribution is -1.98. The topological polar surface area (TPSA) is 61.9 Å². The molecule has 0 radical (unpaired) electrons. The number of aliphatic hydroxyl groups excluding tert-OH is 1. The number of pyridine rings is 1. The molecule has 4 nitrogen and oxygen atoms in total. The third-order valence-electron chi connectivity index (χ3n) is 2.15. The maximum Gasteiger partial charge on any atom is 0.335 e. The summed E-state index contributed by atoms with van der Waals surface area (Å²) < 4.78 is 1.76. The van der Waals surface area contributed by atoms with E-state index in [1.165, 1.54) is 6.07 Å². The molecule has 0 aromatic carbocycles. The third kappa shape index (κ3) is 1.25. The molecule has 0 spiro atoms. The molecule has 4 heteroatoms. The fourth-order valence-electron chi connectivity index (χ4n) is 1.43. The van der Waals surface area contributed by atoms with E-state index in [9.17, 15) is 4.79 Å². The van der Waals surface area contributed by atoms with Crippen LogP contribution in [0.15, 0.2) is 30.5 Å². The Morgan fingerprint density at radius 3 is 2.79 bits per heavy atom. The number of carbonyl (C=O) groups is 1. The molecule has 2 N–H and O–H groups in total. The maximum absolute atomic E-state index is 10.7. The summed E-state index contributed by atoms with van der Waals surface area (Å²) in [6.45, 7) is -0.0550. The Balaban J connectivity index is 2.63. The van der Waals surface area contributed by atoms with Gasteiger partial charge >= 0.3 is 5.97 Å². The first-order valence-corrected chi connectivity index (χ1v) is 4.16. The quantitative estimate of drug-likeness (QED) is 0.748. The molecule has 0 atom stereocenters. The van der Waals surface area contributed by atoms with Gasteiger partial charge in [0.1, 0.15) is 0 Å². The molecule has 0 bridgehead atoms. The Hall–Kier alpha value is -1.81. The zero-order valence-electron chi connectivity index (χ0n) is 7.34. The first-order valence-electron chi connectivity index (χ1n) is 4.16. The van der Waals surface area contributed by atoms with Gasteiger partial charge in [-0.15, -0.1) is 0 Å². The Morgan fingerprint density at radius 1 is 1.36 bits per heavy atom. The van der Waals surface area contributed by atoms with Crippen molar-refractivity contribution in [2.75, 3.05) is 0 Å². The molecule has 72 valence electrons. The molecular formula is C10H9NO3. The van der Waals surface area contributed by atoms with Crippen molar-refractivity contribution < 1.29 is 15.0 Å². The van der Waals surface area contributed by atoms with Gasteiger partial charge in [-0.05, 0) is 24.3 Å². The Labute approximate surface area is 80.0 Å². The van der Waals surface area contributed by atoms with Gasteiger partial charge in [0.05, 0.1) is 12.2 Å². The van der Waals surface area contributed by atoms with Crippen LogP contribution in [0.4, 0.5) is 0 Å². The lowest BCUT2D eigenvalue weighted by atomic mass is 10.2. The second-order valence-corrected chi connectivity index (χ2v) is 3.00. The van der Waals surface area contributed by atoms with Gasteiger partial charge in [0.2, 0.25) is 0 Å². The van der Waals surface area contributed by atoms with Gasteiger partial charge in [-0.25, -0.2) is 4.79 Å². The van der Waals surface area contributed by atoms with E-state index in [-0.39, 0.29) is 12.2 Å². The second kappa shape index (κ2) is 3.16. The summed E-state index contributed by atoms with van der Waals surface area (Å²) in [6.07, 6.45) is 1.64. The summed E-state index contributed by atoms with van der Waals surface area (Å²) >= 11 is 0. The molecule has 0 saturated heterocycles. The van der Waals surface area contributed by atoms with Crippen molar-refractivity contribution in [3.8, 4) is 0 Å². The van der Waals surface area contributed by atoms with E-state index in [2.05, 4.69) is 0 Å². The fraction of sp³-hybridized carbons (Fsp3) is 0.100. The summed E-state index contributed by atoms with van der Waals surface area (Å²) in [5.74, 6) is -0.945. The smallest absolute Gasteiger partial charge is 0.335 e. The number of aromatic nitrogens is 1. The minimum atomic E-state index is -0.945. The van der Waals surface area contributed by atoms with Crippen molar-refractivity contribution in [3.63, 3.8) is 0 Å². The van der Waals surface area contributed by atoms with Crippen LogP contribution in [0.1, 0.15) is 16.1 Å². The number of carboxylic acids is 1. The molecule has 2 heterocycles. The molecule has 2 aromatic rings. The van der Waals surface area contributed by atoms with Gasteiger partial charge in [0.15, 0.2) is 0 Å². The molecule has 0 fully saturated rings. The Bertz CT molecular complexity index is 487. The van der Waals surface area contributed by atoms with E-state index in [1.807, 2.05) is 0 Å². The average Bonchev–Trinajstić information content (AvgIpc) is 2.59. The second-order valence-electron chi connectivity index (χ2n) is 3.00. The van der Waals surface area contributed by atoms with Gasteiger partial charge in [0.25, 0.3) is 0 Å². The number of nitrogens with zero attached hydrogens (tertiary/aromatic N) is 1. The molecule has 2 rings (SSSR count). The van der Waals surface area contributed by atoms with Crippen LogP contribution in [0, 0.1) is 0 Å². The largest absolute Gasteiger partial charge is 0.478 e. The van der Waals surface area contributed by atoms with Crippen LogP contribution in [0.2, 0.25) is 0 Å². The minimum Gasteiger partial charge on any atom is -0.478 e. The number of fused-ring (bicyclic) bond motifs is 1. The molecular weight excluding hydrogens is 182 g/mol. The van der Waals surface area contributed by atoms with Crippen molar-refractivity contribution in [2.45, 2.75) is 6.61 Å². The van der Waals surface area contributed by atoms with E-state index in [4.69, 9.17) is 10.2 Å². The fourth-order valence-corrected chi connectivity index (χ4v) is 1.43. The third-order valence-corrected chi connectivity index (χ3v) is 2.15. The molecule has 0 saturated carbocycles. The van der Waals surface area contributed by atoms with Crippen LogP contribution < -0.4 is 0 Å². The highest BCUT2D eigenvalue weighted by atomic mass is 16.4. The molecule has 0 aliphatic carbocycles. The van der Waals surface area contributed by atoms with Crippen molar-refractivity contribution in [3.05, 3.63) is 41.7 Å². The normalized spacial score (nSPS) is 10.6. The number of hydrogen-bond donors (Lipinski definition) is 2. The van der Waals surface area contributed by atoms with Crippen molar-refractivity contribution in [1.82, 2.24) is 4.40 Å². The molecule has 0 aliphatic heterocycles. The monoisotopic (exact) mass is 191 g/mol. The van der Waals surface area contributed by atoms with Crippen LogP contribution in [0.25, 0.3) is 5.52 Å². The molecule has 2 aromatic heterocycles. The van der Waals surface area contributed by atoms with Crippen LogP contribution in [-0.2, 0) is 6.61 Å². The summed E-state index contributed by atoms with van der Waals surface area (Å²) in [5.41, 5.74) is 1.77. The standard InChI is InChI=1S/C10H9NO3/c12-6-9-2-1-8-5-7(10(13)14)3-4-11(8)9/h1-5,12H,6H2,(H,13,14).